The topological polar surface area (TPSA) is 114 Å². The standard InChI is InChI=1S/C20H25N7O2S/c1-12(2)23-17-16-11-22-27(18(16)26-20(25-17)30-4)10-9-21-19(29)14-5-7-15(8-6-14)24-13(3)28/h5-8,11-12H,9-10H2,1-4H3,(H,21,29)(H,24,28)(H,23,25,26). The molecule has 0 fully saturated rings. The number of nitrogens with one attached hydrogen (secondary N) is 3. The van der Waals surface area contributed by atoms with E-state index in [1.165, 1.54) is 18.7 Å². The van der Waals surface area contributed by atoms with Crippen LogP contribution in [0.3, 0.4) is 0 Å². The van der Waals surface area contributed by atoms with Gasteiger partial charge in [-0.05, 0) is 44.4 Å². The predicted octanol–water partition coefficient (Wildman–Crippen LogP) is 2.76. The molecule has 0 aliphatic heterocycles. The number of carbonyl (C=O) groups excluding carboxylic acids is 2. The summed E-state index contributed by atoms with van der Waals surface area (Å²) in [6, 6.07) is 6.97. The van der Waals surface area contributed by atoms with Gasteiger partial charge in [0.1, 0.15) is 5.82 Å². The number of rotatable bonds is 8. The minimum absolute atomic E-state index is 0.154. The lowest BCUT2D eigenvalue weighted by molar-refractivity contribution is -0.114. The Labute approximate surface area is 179 Å². The number of carbonyl (C=O) groups is 2. The van der Waals surface area contributed by atoms with Crippen LogP contribution < -0.4 is 16.0 Å². The fraction of sp³-hybridized carbons (Fsp3) is 0.350. The first-order valence-corrected chi connectivity index (χ1v) is 10.8. The molecule has 0 aliphatic carbocycles. The van der Waals surface area contributed by atoms with Crippen molar-refractivity contribution in [3.05, 3.63) is 36.0 Å². The van der Waals surface area contributed by atoms with Crippen LogP contribution in [0.4, 0.5) is 11.5 Å². The Kier molecular flexibility index (Phi) is 6.88. The number of hydrogen-bond donors (Lipinski definition) is 3. The molecule has 9 nitrogen and oxygen atoms in total. The fourth-order valence-electron chi connectivity index (χ4n) is 2.86. The number of aromatic nitrogens is 4. The van der Waals surface area contributed by atoms with Crippen LogP contribution >= 0.6 is 11.8 Å². The van der Waals surface area contributed by atoms with Crippen molar-refractivity contribution in [2.24, 2.45) is 0 Å². The van der Waals surface area contributed by atoms with E-state index in [0.29, 0.717) is 29.5 Å². The highest BCUT2D eigenvalue weighted by atomic mass is 32.2. The van der Waals surface area contributed by atoms with E-state index in [4.69, 9.17) is 0 Å². The number of benzene rings is 1. The van der Waals surface area contributed by atoms with Gasteiger partial charge in [0, 0.05) is 30.8 Å². The number of amides is 2. The SMILES string of the molecule is CSc1nc(NC(C)C)c2cnn(CCNC(=O)c3ccc(NC(C)=O)cc3)c2n1. The first kappa shape index (κ1) is 21.6. The van der Waals surface area contributed by atoms with Crippen molar-refractivity contribution in [1.82, 2.24) is 25.1 Å². The van der Waals surface area contributed by atoms with Crippen LogP contribution in [0.1, 0.15) is 31.1 Å². The van der Waals surface area contributed by atoms with E-state index in [-0.39, 0.29) is 17.9 Å². The van der Waals surface area contributed by atoms with Crippen molar-refractivity contribution >= 4 is 46.1 Å². The van der Waals surface area contributed by atoms with E-state index in [1.807, 2.05) is 6.26 Å². The molecule has 2 amide bonds. The van der Waals surface area contributed by atoms with Gasteiger partial charge < -0.3 is 16.0 Å². The number of thioether (sulfide) groups is 1. The third-order valence-corrected chi connectivity index (χ3v) is 4.71. The maximum Gasteiger partial charge on any atom is 0.251 e. The van der Waals surface area contributed by atoms with Gasteiger partial charge in [0.05, 0.1) is 18.1 Å². The average molecular weight is 428 g/mol. The minimum Gasteiger partial charge on any atom is -0.367 e. The van der Waals surface area contributed by atoms with E-state index in [2.05, 4.69) is 44.9 Å². The molecule has 1 aromatic carbocycles. The summed E-state index contributed by atoms with van der Waals surface area (Å²) in [5.41, 5.74) is 1.90. The molecule has 0 saturated heterocycles. The Hall–Kier alpha value is -3.14. The van der Waals surface area contributed by atoms with Gasteiger partial charge in [0.2, 0.25) is 5.91 Å². The molecule has 0 atom stereocenters. The van der Waals surface area contributed by atoms with Crippen LogP contribution in [0.25, 0.3) is 11.0 Å². The summed E-state index contributed by atoms with van der Waals surface area (Å²) < 4.78 is 1.77. The maximum atomic E-state index is 12.4. The molecule has 0 radical (unpaired) electrons. The smallest absolute Gasteiger partial charge is 0.251 e. The van der Waals surface area contributed by atoms with Gasteiger partial charge in [-0.1, -0.05) is 11.8 Å². The van der Waals surface area contributed by atoms with Gasteiger partial charge in [-0.3, -0.25) is 9.59 Å². The molecule has 0 unspecified atom stereocenters. The summed E-state index contributed by atoms with van der Waals surface area (Å²) in [4.78, 5) is 32.6. The van der Waals surface area contributed by atoms with Crippen molar-refractivity contribution in [1.29, 1.82) is 0 Å². The van der Waals surface area contributed by atoms with E-state index in [9.17, 15) is 9.59 Å². The first-order chi connectivity index (χ1) is 14.4. The molecular formula is C20H25N7O2S. The number of anilines is 2. The van der Waals surface area contributed by atoms with Gasteiger partial charge >= 0.3 is 0 Å². The van der Waals surface area contributed by atoms with Gasteiger partial charge in [0.15, 0.2) is 10.8 Å². The molecule has 3 rings (SSSR count). The van der Waals surface area contributed by atoms with Crippen LogP contribution in [-0.4, -0.2) is 50.4 Å². The van der Waals surface area contributed by atoms with Crippen molar-refractivity contribution in [2.75, 3.05) is 23.4 Å². The van der Waals surface area contributed by atoms with Crippen LogP contribution in [0, 0.1) is 0 Å². The summed E-state index contributed by atoms with van der Waals surface area (Å²) in [5, 5.41) is 14.8. The lowest BCUT2D eigenvalue weighted by Crippen LogP contribution is -2.27. The fourth-order valence-corrected chi connectivity index (χ4v) is 3.22. The zero-order valence-electron chi connectivity index (χ0n) is 17.4. The Bertz CT molecular complexity index is 1050. The summed E-state index contributed by atoms with van der Waals surface area (Å²) in [7, 11) is 0. The molecule has 0 aliphatic rings. The average Bonchev–Trinajstić information content (AvgIpc) is 3.10. The molecule has 158 valence electrons. The zero-order valence-corrected chi connectivity index (χ0v) is 18.2. The van der Waals surface area contributed by atoms with Crippen molar-refractivity contribution in [2.45, 2.75) is 38.5 Å². The zero-order chi connectivity index (χ0) is 21.7. The maximum absolute atomic E-state index is 12.4. The summed E-state index contributed by atoms with van der Waals surface area (Å²) >= 11 is 1.47. The Balaban J connectivity index is 1.67. The molecule has 10 heteroatoms. The van der Waals surface area contributed by atoms with Crippen molar-refractivity contribution < 1.29 is 9.59 Å². The van der Waals surface area contributed by atoms with Crippen LogP contribution in [-0.2, 0) is 11.3 Å². The first-order valence-electron chi connectivity index (χ1n) is 9.57. The molecule has 0 bridgehead atoms. The largest absolute Gasteiger partial charge is 0.367 e. The van der Waals surface area contributed by atoms with Gasteiger partial charge in [0.25, 0.3) is 5.91 Å². The minimum atomic E-state index is -0.192. The number of fused-ring (bicyclic) bond motifs is 1. The third-order valence-electron chi connectivity index (χ3n) is 4.16. The highest BCUT2D eigenvalue weighted by Gasteiger charge is 2.14. The normalized spacial score (nSPS) is 11.0. The predicted molar refractivity (Wildman–Crippen MR) is 119 cm³/mol. The van der Waals surface area contributed by atoms with Gasteiger partial charge in [-0.25, -0.2) is 14.6 Å². The molecule has 2 aromatic heterocycles. The molecule has 3 aromatic rings. The van der Waals surface area contributed by atoms with E-state index in [0.717, 1.165) is 16.9 Å². The molecule has 30 heavy (non-hydrogen) atoms. The molecule has 0 spiro atoms. The van der Waals surface area contributed by atoms with Crippen molar-refractivity contribution in [3.8, 4) is 0 Å². The Morgan fingerprint density at radius 2 is 1.90 bits per heavy atom. The molecule has 2 heterocycles. The highest BCUT2D eigenvalue weighted by Crippen LogP contribution is 2.23. The quantitative estimate of drug-likeness (QED) is 0.374. The highest BCUT2D eigenvalue weighted by molar-refractivity contribution is 7.98. The summed E-state index contributed by atoms with van der Waals surface area (Å²) in [6.45, 7) is 6.42. The lowest BCUT2D eigenvalue weighted by atomic mass is 10.2. The molecule has 0 saturated carbocycles. The summed E-state index contributed by atoms with van der Waals surface area (Å²) in [6.07, 6.45) is 3.67. The number of hydrogen-bond acceptors (Lipinski definition) is 7. The van der Waals surface area contributed by atoms with Crippen LogP contribution in [0.2, 0.25) is 0 Å². The van der Waals surface area contributed by atoms with Crippen LogP contribution in [0.5, 0.6) is 0 Å². The second-order valence-electron chi connectivity index (χ2n) is 6.98. The lowest BCUT2D eigenvalue weighted by Gasteiger charge is -2.11. The second-order valence-corrected chi connectivity index (χ2v) is 7.75. The van der Waals surface area contributed by atoms with Crippen LogP contribution in [0.15, 0.2) is 35.6 Å². The Morgan fingerprint density at radius 3 is 2.53 bits per heavy atom. The van der Waals surface area contributed by atoms with Crippen molar-refractivity contribution in [3.63, 3.8) is 0 Å². The van der Waals surface area contributed by atoms with Gasteiger partial charge in [-0.15, -0.1) is 0 Å². The second kappa shape index (κ2) is 9.57. The van der Waals surface area contributed by atoms with E-state index >= 15 is 0 Å². The molecular weight excluding hydrogens is 402 g/mol. The van der Waals surface area contributed by atoms with E-state index in [1.54, 1.807) is 35.1 Å². The monoisotopic (exact) mass is 427 g/mol. The van der Waals surface area contributed by atoms with Gasteiger partial charge in [-0.2, -0.15) is 5.10 Å². The van der Waals surface area contributed by atoms with E-state index < -0.39 is 0 Å². The Morgan fingerprint density at radius 1 is 1.17 bits per heavy atom. The number of nitrogens with zero attached hydrogens (tertiary/aromatic N) is 4. The summed E-state index contributed by atoms with van der Waals surface area (Å²) in [5.74, 6) is 0.412. The third kappa shape index (κ3) is 5.26. The molecule has 3 N–H and O–H groups in total.